The third-order valence-electron chi connectivity index (χ3n) is 3.58. The number of carbonyl (C=O) groups is 2. The van der Waals surface area contributed by atoms with E-state index in [2.05, 4.69) is 10.3 Å². The Balaban J connectivity index is 2.47. The Hall–Kier alpha value is -2.50. The van der Waals surface area contributed by atoms with E-state index in [0.29, 0.717) is 5.56 Å². The molecule has 0 radical (unpaired) electrons. The molecule has 0 aliphatic carbocycles. The topological polar surface area (TPSA) is 85.4 Å². The molecule has 0 saturated heterocycles. The molecule has 0 aliphatic rings. The number of nitrogens with zero attached hydrogens (tertiary/aromatic N) is 1. The highest BCUT2D eigenvalue weighted by Gasteiger charge is 2.18. The second kappa shape index (κ2) is 6.09. The summed E-state index contributed by atoms with van der Waals surface area (Å²) in [6.45, 7) is 3.79. The second-order valence-electron chi connectivity index (χ2n) is 5.78. The Labute approximate surface area is 129 Å². The molecule has 0 fully saturated rings. The van der Waals surface area contributed by atoms with Crippen LogP contribution in [-0.4, -0.2) is 36.1 Å². The van der Waals surface area contributed by atoms with Crippen molar-refractivity contribution in [3.8, 4) is 0 Å². The summed E-state index contributed by atoms with van der Waals surface area (Å²) < 4.78 is 0. The molecule has 0 spiro atoms. The molecule has 22 heavy (non-hydrogen) atoms. The standard InChI is InChI=1S/C16H21N3O3/c1-9(2)15(20)17-8-12-11-7-10(19(3)4)5-6-13(11)18-14(12)16(21)22/h5-7,9,18H,8H2,1-4H3,(H,17,20)(H,21,22). The zero-order chi connectivity index (χ0) is 16.4. The number of aromatic nitrogens is 1. The van der Waals surface area contributed by atoms with Gasteiger partial charge in [0.05, 0.1) is 0 Å². The van der Waals surface area contributed by atoms with Crippen LogP contribution < -0.4 is 10.2 Å². The van der Waals surface area contributed by atoms with E-state index in [1.54, 1.807) is 13.8 Å². The SMILES string of the molecule is CC(C)C(=O)NCc1c(C(=O)O)[nH]c2ccc(N(C)C)cc12. The molecule has 0 unspecified atom stereocenters. The number of aromatic amines is 1. The number of nitrogens with one attached hydrogen (secondary N) is 2. The van der Waals surface area contributed by atoms with Crippen LogP contribution in [0.4, 0.5) is 5.69 Å². The van der Waals surface area contributed by atoms with Crippen LogP contribution in [0.25, 0.3) is 10.9 Å². The number of anilines is 1. The average Bonchev–Trinajstić information content (AvgIpc) is 2.82. The molecule has 1 heterocycles. The molecule has 1 aromatic heterocycles. The fourth-order valence-corrected chi connectivity index (χ4v) is 2.26. The molecule has 0 atom stereocenters. The highest BCUT2D eigenvalue weighted by molar-refractivity contribution is 5.98. The summed E-state index contributed by atoms with van der Waals surface area (Å²) >= 11 is 0. The van der Waals surface area contributed by atoms with Crippen molar-refractivity contribution in [1.82, 2.24) is 10.3 Å². The molecule has 6 heteroatoms. The first-order valence-corrected chi connectivity index (χ1v) is 7.14. The van der Waals surface area contributed by atoms with Crippen molar-refractivity contribution in [3.63, 3.8) is 0 Å². The van der Waals surface area contributed by atoms with Gasteiger partial charge >= 0.3 is 5.97 Å². The van der Waals surface area contributed by atoms with Crippen molar-refractivity contribution >= 4 is 28.5 Å². The van der Waals surface area contributed by atoms with Crippen molar-refractivity contribution in [2.24, 2.45) is 5.92 Å². The molecule has 0 bridgehead atoms. The number of fused-ring (bicyclic) bond motifs is 1. The van der Waals surface area contributed by atoms with Crippen molar-refractivity contribution < 1.29 is 14.7 Å². The van der Waals surface area contributed by atoms with Crippen LogP contribution in [0.2, 0.25) is 0 Å². The number of H-pyrrole nitrogens is 1. The van der Waals surface area contributed by atoms with Crippen LogP contribution in [-0.2, 0) is 11.3 Å². The Kier molecular flexibility index (Phi) is 4.40. The van der Waals surface area contributed by atoms with E-state index >= 15 is 0 Å². The van der Waals surface area contributed by atoms with Crippen LogP contribution in [0.3, 0.4) is 0 Å². The smallest absolute Gasteiger partial charge is 0.352 e. The largest absolute Gasteiger partial charge is 0.477 e. The van der Waals surface area contributed by atoms with Gasteiger partial charge in [-0.15, -0.1) is 0 Å². The lowest BCUT2D eigenvalue weighted by Crippen LogP contribution is -2.27. The number of hydrogen-bond acceptors (Lipinski definition) is 3. The summed E-state index contributed by atoms with van der Waals surface area (Å²) in [5.41, 5.74) is 2.44. The van der Waals surface area contributed by atoms with Crippen molar-refractivity contribution in [1.29, 1.82) is 0 Å². The number of carbonyl (C=O) groups excluding carboxylic acids is 1. The molecule has 2 rings (SSSR count). The Morgan fingerprint density at radius 2 is 2.00 bits per heavy atom. The van der Waals surface area contributed by atoms with Gasteiger partial charge < -0.3 is 20.3 Å². The van der Waals surface area contributed by atoms with Gasteiger partial charge in [-0.3, -0.25) is 4.79 Å². The molecule has 1 amide bonds. The Bertz CT molecular complexity index is 717. The van der Waals surface area contributed by atoms with E-state index < -0.39 is 5.97 Å². The normalized spacial score (nSPS) is 11.0. The zero-order valence-corrected chi connectivity index (χ0v) is 13.2. The van der Waals surface area contributed by atoms with Crippen LogP contribution in [0.15, 0.2) is 18.2 Å². The Morgan fingerprint density at radius 1 is 1.32 bits per heavy atom. The van der Waals surface area contributed by atoms with E-state index in [0.717, 1.165) is 16.6 Å². The van der Waals surface area contributed by atoms with Crippen molar-refractivity contribution in [3.05, 3.63) is 29.5 Å². The number of benzene rings is 1. The monoisotopic (exact) mass is 303 g/mol. The molecule has 3 N–H and O–H groups in total. The molecular formula is C16H21N3O3. The molecule has 0 saturated carbocycles. The van der Waals surface area contributed by atoms with Gasteiger partial charge in [-0.2, -0.15) is 0 Å². The lowest BCUT2D eigenvalue weighted by Gasteiger charge is -2.13. The van der Waals surface area contributed by atoms with Gasteiger partial charge in [0.15, 0.2) is 0 Å². The van der Waals surface area contributed by atoms with Crippen LogP contribution in [0.5, 0.6) is 0 Å². The molecule has 118 valence electrons. The minimum Gasteiger partial charge on any atom is -0.477 e. The van der Waals surface area contributed by atoms with Gasteiger partial charge in [0, 0.05) is 48.7 Å². The number of amides is 1. The predicted octanol–water partition coefficient (Wildman–Crippen LogP) is 2.20. The maximum absolute atomic E-state index is 11.8. The van der Waals surface area contributed by atoms with Gasteiger partial charge in [-0.05, 0) is 18.2 Å². The molecule has 0 aliphatic heterocycles. The number of rotatable bonds is 5. The minimum atomic E-state index is -1.03. The maximum atomic E-state index is 11.8. The predicted molar refractivity (Wildman–Crippen MR) is 86.3 cm³/mol. The van der Waals surface area contributed by atoms with E-state index in [-0.39, 0.29) is 24.1 Å². The number of carboxylic acid groups (broad SMARTS) is 1. The first-order valence-electron chi connectivity index (χ1n) is 7.14. The fourth-order valence-electron chi connectivity index (χ4n) is 2.26. The zero-order valence-electron chi connectivity index (χ0n) is 13.2. The quantitative estimate of drug-likeness (QED) is 0.790. The summed E-state index contributed by atoms with van der Waals surface area (Å²) in [6, 6.07) is 5.70. The van der Waals surface area contributed by atoms with Crippen molar-refractivity contribution in [2.45, 2.75) is 20.4 Å². The third kappa shape index (κ3) is 3.05. The second-order valence-corrected chi connectivity index (χ2v) is 5.78. The van der Waals surface area contributed by atoms with Gasteiger partial charge in [-0.1, -0.05) is 13.8 Å². The van der Waals surface area contributed by atoms with E-state index in [1.807, 2.05) is 37.2 Å². The number of aromatic carboxylic acids is 1. The fraction of sp³-hybridized carbons (Fsp3) is 0.375. The molecule has 6 nitrogen and oxygen atoms in total. The van der Waals surface area contributed by atoms with Crippen LogP contribution >= 0.6 is 0 Å². The maximum Gasteiger partial charge on any atom is 0.352 e. The van der Waals surface area contributed by atoms with Gasteiger partial charge in [0.2, 0.25) is 5.91 Å². The van der Waals surface area contributed by atoms with E-state index in [4.69, 9.17) is 0 Å². The summed E-state index contributed by atoms with van der Waals surface area (Å²) in [5.74, 6) is -1.28. The first kappa shape index (κ1) is 15.9. The lowest BCUT2D eigenvalue weighted by molar-refractivity contribution is -0.124. The Morgan fingerprint density at radius 3 is 2.55 bits per heavy atom. The third-order valence-corrected chi connectivity index (χ3v) is 3.58. The first-order chi connectivity index (χ1) is 10.3. The lowest BCUT2D eigenvalue weighted by atomic mass is 10.1. The minimum absolute atomic E-state index is 0.102. The summed E-state index contributed by atoms with van der Waals surface area (Å²) in [7, 11) is 3.85. The van der Waals surface area contributed by atoms with Crippen LogP contribution in [0.1, 0.15) is 29.9 Å². The molecule has 2 aromatic rings. The molecule has 1 aromatic carbocycles. The average molecular weight is 303 g/mol. The number of hydrogen-bond donors (Lipinski definition) is 3. The summed E-state index contributed by atoms with van der Waals surface area (Å²) in [4.78, 5) is 28.0. The summed E-state index contributed by atoms with van der Waals surface area (Å²) in [5, 5.41) is 13.0. The highest BCUT2D eigenvalue weighted by atomic mass is 16.4. The number of carboxylic acids is 1. The van der Waals surface area contributed by atoms with Gasteiger partial charge in [0.25, 0.3) is 0 Å². The van der Waals surface area contributed by atoms with E-state index in [1.165, 1.54) is 0 Å². The van der Waals surface area contributed by atoms with Gasteiger partial charge in [-0.25, -0.2) is 4.79 Å². The van der Waals surface area contributed by atoms with Crippen molar-refractivity contribution in [2.75, 3.05) is 19.0 Å². The van der Waals surface area contributed by atoms with Gasteiger partial charge in [0.1, 0.15) is 5.69 Å². The van der Waals surface area contributed by atoms with E-state index in [9.17, 15) is 14.7 Å². The summed E-state index contributed by atoms with van der Waals surface area (Å²) in [6.07, 6.45) is 0. The van der Waals surface area contributed by atoms with Crippen LogP contribution in [0, 0.1) is 5.92 Å². The molecular weight excluding hydrogens is 282 g/mol. The highest BCUT2D eigenvalue weighted by Crippen LogP contribution is 2.27.